The van der Waals surface area contributed by atoms with Gasteiger partial charge in [0.1, 0.15) is 24.8 Å². The maximum atomic E-state index is 13.1. The Bertz CT molecular complexity index is 1220. The number of aryl methyl sites for hydroxylation is 1. The van der Waals surface area contributed by atoms with Gasteiger partial charge in [-0.05, 0) is 60.5 Å². The van der Waals surface area contributed by atoms with Crippen LogP contribution >= 0.6 is 0 Å². The molecule has 2 aromatic heterocycles. The molecule has 1 atom stereocenters. The standard InChI is InChI=1S/C26H32FN7O3/c1-19-16-32(18-23-6-8-25(15-28-23)37-13-10-27)11-12-33(19)26(35)9-5-21-4-7-24(36-3)14-22(21)17-34-30-20(2)29-31-34/h4-9,14-15,19H,10-13,16-18H2,1-3H3/b9-5+/t19-/m1/s1/i3-1. The summed E-state index contributed by atoms with van der Waals surface area (Å²) in [6.45, 7) is 6.54. The number of piperazine rings is 1. The van der Waals surface area contributed by atoms with Crippen LogP contribution < -0.4 is 9.47 Å². The van der Waals surface area contributed by atoms with Crippen molar-refractivity contribution < 1.29 is 18.7 Å². The second-order valence-corrected chi connectivity index (χ2v) is 8.90. The number of pyridine rings is 1. The normalized spacial score (nSPS) is 16.3. The van der Waals surface area contributed by atoms with Crippen molar-refractivity contribution in [3.63, 3.8) is 0 Å². The summed E-state index contributed by atoms with van der Waals surface area (Å²) in [5.41, 5.74) is 2.72. The number of hydrogen-bond acceptors (Lipinski definition) is 8. The van der Waals surface area contributed by atoms with Crippen LogP contribution in [0.15, 0.2) is 42.6 Å². The fraction of sp³-hybridized carbons (Fsp3) is 0.423. The third kappa shape index (κ3) is 7.10. The maximum Gasteiger partial charge on any atom is 0.246 e. The maximum absolute atomic E-state index is 13.1. The third-order valence-corrected chi connectivity index (χ3v) is 6.14. The molecule has 11 heteroatoms. The van der Waals surface area contributed by atoms with Crippen LogP contribution in [0.3, 0.4) is 0 Å². The summed E-state index contributed by atoms with van der Waals surface area (Å²) < 4.78 is 22.9. The van der Waals surface area contributed by atoms with Crippen molar-refractivity contribution >= 4 is 12.0 Å². The lowest BCUT2D eigenvalue weighted by atomic mass is 10.1. The second-order valence-electron chi connectivity index (χ2n) is 8.90. The Hall–Kier alpha value is -3.86. The molecular formula is C26H32FN7O3. The topological polar surface area (TPSA) is 98.5 Å². The monoisotopic (exact) mass is 508 g/mol. The highest BCUT2D eigenvalue weighted by Gasteiger charge is 2.26. The summed E-state index contributed by atoms with van der Waals surface area (Å²) in [6.07, 6.45) is 5.07. The van der Waals surface area contributed by atoms with Crippen LogP contribution in [0.4, 0.5) is 4.39 Å². The molecule has 37 heavy (non-hydrogen) atoms. The zero-order chi connectivity index (χ0) is 26.2. The van der Waals surface area contributed by atoms with Crippen LogP contribution in [0.25, 0.3) is 6.08 Å². The van der Waals surface area contributed by atoms with Crippen LogP contribution in [-0.2, 0) is 17.9 Å². The molecule has 3 heterocycles. The van der Waals surface area contributed by atoms with Gasteiger partial charge in [-0.15, -0.1) is 10.2 Å². The minimum atomic E-state index is -0.528. The Morgan fingerprint density at radius 3 is 2.70 bits per heavy atom. The molecule has 1 aromatic carbocycles. The number of rotatable bonds is 10. The number of hydrogen-bond donors (Lipinski definition) is 0. The van der Waals surface area contributed by atoms with Crippen LogP contribution in [0.1, 0.15) is 29.6 Å². The lowest BCUT2D eigenvalue weighted by Crippen LogP contribution is -2.53. The number of methoxy groups -OCH3 is 1. The second kappa shape index (κ2) is 12.4. The number of alkyl halides is 1. The van der Waals surface area contributed by atoms with Crippen molar-refractivity contribution in [3.05, 3.63) is 65.2 Å². The summed E-state index contributed by atoms with van der Waals surface area (Å²) in [5, 5.41) is 12.2. The van der Waals surface area contributed by atoms with Gasteiger partial charge >= 0.3 is 0 Å². The zero-order valence-corrected chi connectivity index (χ0v) is 21.4. The number of benzene rings is 1. The number of nitrogens with zero attached hydrogens (tertiary/aromatic N) is 7. The van der Waals surface area contributed by atoms with Crippen LogP contribution in [0, 0.1) is 6.92 Å². The van der Waals surface area contributed by atoms with E-state index in [0.717, 1.165) is 35.7 Å². The van der Waals surface area contributed by atoms with E-state index in [1.54, 1.807) is 32.4 Å². The number of tetrazole rings is 1. The molecule has 3 aromatic rings. The van der Waals surface area contributed by atoms with E-state index in [0.29, 0.717) is 31.2 Å². The van der Waals surface area contributed by atoms with Crippen molar-refractivity contribution in [3.8, 4) is 11.5 Å². The van der Waals surface area contributed by atoms with Gasteiger partial charge in [0.15, 0.2) is 5.82 Å². The van der Waals surface area contributed by atoms with Crippen LogP contribution in [-0.4, -0.2) is 87.0 Å². The summed E-state index contributed by atoms with van der Waals surface area (Å²) in [5.74, 6) is 1.84. The lowest BCUT2D eigenvalue weighted by Gasteiger charge is -2.39. The van der Waals surface area contributed by atoms with Gasteiger partial charge in [-0.2, -0.15) is 4.80 Å². The van der Waals surface area contributed by atoms with E-state index in [9.17, 15) is 9.18 Å². The van der Waals surface area contributed by atoms with Gasteiger partial charge in [0.05, 0.1) is 25.5 Å². The molecule has 0 spiro atoms. The highest BCUT2D eigenvalue weighted by molar-refractivity contribution is 5.92. The van der Waals surface area contributed by atoms with Gasteiger partial charge in [-0.1, -0.05) is 6.07 Å². The van der Waals surface area contributed by atoms with E-state index in [1.165, 1.54) is 4.80 Å². The van der Waals surface area contributed by atoms with Crippen molar-refractivity contribution in [2.24, 2.45) is 0 Å². The first-order chi connectivity index (χ1) is 17.9. The molecule has 1 aliphatic rings. The molecule has 0 saturated carbocycles. The fourth-order valence-corrected chi connectivity index (χ4v) is 4.29. The van der Waals surface area contributed by atoms with Gasteiger partial charge in [0.25, 0.3) is 0 Å². The molecule has 1 amide bonds. The molecular weight excluding hydrogens is 476 g/mol. The van der Waals surface area contributed by atoms with Crippen LogP contribution in [0.5, 0.6) is 11.5 Å². The lowest BCUT2D eigenvalue weighted by molar-refractivity contribution is -0.130. The van der Waals surface area contributed by atoms with E-state index >= 15 is 0 Å². The first-order valence-electron chi connectivity index (χ1n) is 12.2. The summed E-state index contributed by atoms with van der Waals surface area (Å²) in [7, 11) is 1.62. The Balaban J connectivity index is 1.36. The summed E-state index contributed by atoms with van der Waals surface area (Å²) >= 11 is 0. The van der Waals surface area contributed by atoms with Gasteiger partial charge in [-0.3, -0.25) is 14.7 Å². The predicted molar refractivity (Wildman–Crippen MR) is 136 cm³/mol. The molecule has 1 saturated heterocycles. The molecule has 0 bridgehead atoms. The molecule has 196 valence electrons. The van der Waals surface area contributed by atoms with E-state index in [2.05, 4.69) is 32.2 Å². The molecule has 1 fully saturated rings. The largest absolute Gasteiger partial charge is 0.497 e. The highest BCUT2D eigenvalue weighted by Crippen LogP contribution is 2.21. The number of carbonyl (C=O) groups is 1. The summed E-state index contributed by atoms with van der Waals surface area (Å²) in [6, 6.07) is 9.45. The Morgan fingerprint density at radius 1 is 1.19 bits per heavy atom. The van der Waals surface area contributed by atoms with Gasteiger partial charge in [0.2, 0.25) is 5.91 Å². The number of amides is 1. The van der Waals surface area contributed by atoms with E-state index in [1.807, 2.05) is 35.2 Å². The van der Waals surface area contributed by atoms with Crippen molar-refractivity contribution in [1.82, 2.24) is 35.0 Å². The molecule has 10 nitrogen and oxygen atoms in total. The number of halogens is 1. The van der Waals surface area contributed by atoms with Gasteiger partial charge < -0.3 is 14.4 Å². The Kier molecular flexibility index (Phi) is 8.78. The first-order valence-corrected chi connectivity index (χ1v) is 12.2. The summed E-state index contributed by atoms with van der Waals surface area (Å²) in [4.78, 5) is 23.2. The molecule has 1 aliphatic heterocycles. The molecule has 0 unspecified atom stereocenters. The Labute approximate surface area is 215 Å². The molecule has 0 radical (unpaired) electrons. The SMILES string of the molecule is Cc1nnn(Cc2cc(O[11CH3])ccc2/C=C/C(=O)N2CCN(Cc3ccc(OCCF)cn3)C[C@H]2C)n1. The fourth-order valence-electron chi connectivity index (χ4n) is 4.29. The smallest absolute Gasteiger partial charge is 0.246 e. The van der Waals surface area contributed by atoms with E-state index in [4.69, 9.17) is 9.47 Å². The van der Waals surface area contributed by atoms with Gasteiger partial charge in [0, 0.05) is 38.3 Å². The third-order valence-electron chi connectivity index (χ3n) is 6.14. The zero-order valence-electron chi connectivity index (χ0n) is 21.4. The van der Waals surface area contributed by atoms with Gasteiger partial charge in [-0.25, -0.2) is 4.39 Å². The average molecular weight is 509 g/mol. The molecule has 4 rings (SSSR count). The minimum Gasteiger partial charge on any atom is -0.497 e. The average Bonchev–Trinajstić information content (AvgIpc) is 3.31. The molecule has 0 N–H and O–H groups in total. The van der Waals surface area contributed by atoms with E-state index < -0.39 is 6.67 Å². The Morgan fingerprint density at radius 2 is 2.03 bits per heavy atom. The van der Waals surface area contributed by atoms with Crippen molar-refractivity contribution in [2.75, 3.05) is 40.0 Å². The quantitative estimate of drug-likeness (QED) is 0.386. The van der Waals surface area contributed by atoms with E-state index in [-0.39, 0.29) is 18.6 Å². The van der Waals surface area contributed by atoms with Crippen LogP contribution in [0.2, 0.25) is 0 Å². The first kappa shape index (κ1) is 26.2. The number of ether oxygens (including phenoxy) is 2. The minimum absolute atomic E-state index is 0.0292. The van der Waals surface area contributed by atoms with Crippen molar-refractivity contribution in [1.29, 1.82) is 0 Å². The number of carbonyl (C=O) groups excluding carboxylic acids is 1. The molecule has 0 aliphatic carbocycles. The number of aromatic nitrogens is 5. The van der Waals surface area contributed by atoms with Crippen molar-refractivity contribution in [2.45, 2.75) is 33.0 Å². The highest BCUT2D eigenvalue weighted by atomic mass is 19.1. The predicted octanol–water partition coefficient (Wildman–Crippen LogP) is 2.53.